The Kier molecular flexibility index (Phi) is 3.94. The van der Waals surface area contributed by atoms with Crippen LogP contribution in [-0.2, 0) is 6.42 Å². The second-order valence-electron chi connectivity index (χ2n) is 6.68. The number of piperidine rings is 1. The van der Waals surface area contributed by atoms with Crippen molar-refractivity contribution >= 4 is 11.4 Å². The molecule has 2 nitrogen and oxygen atoms in total. The minimum atomic E-state index is -0.139. The molecule has 0 unspecified atom stereocenters. The van der Waals surface area contributed by atoms with Gasteiger partial charge in [-0.15, -0.1) is 0 Å². The monoisotopic (exact) mass is 310 g/mol. The second-order valence-corrected chi connectivity index (χ2v) is 6.68. The zero-order chi connectivity index (χ0) is 15.6. The summed E-state index contributed by atoms with van der Waals surface area (Å²) in [6.45, 7) is 2.31. The molecule has 1 heterocycles. The van der Waals surface area contributed by atoms with Gasteiger partial charge in [-0.25, -0.2) is 4.39 Å². The van der Waals surface area contributed by atoms with E-state index in [2.05, 4.69) is 34.5 Å². The zero-order valence-electron chi connectivity index (χ0n) is 13.4. The number of hydrogen-bond acceptors (Lipinski definition) is 2. The number of nitrogens with zero attached hydrogens (tertiary/aromatic N) is 1. The van der Waals surface area contributed by atoms with Crippen LogP contribution in [0.2, 0.25) is 0 Å². The number of fused-ring (bicyclic) bond motifs is 1. The summed E-state index contributed by atoms with van der Waals surface area (Å²) in [7, 11) is 0. The smallest absolute Gasteiger partial charge is 0.123 e. The summed E-state index contributed by atoms with van der Waals surface area (Å²) in [5.74, 6) is -0.139. The van der Waals surface area contributed by atoms with E-state index in [0.29, 0.717) is 0 Å². The summed E-state index contributed by atoms with van der Waals surface area (Å²) in [5, 5.41) is 3.61. The van der Waals surface area contributed by atoms with E-state index in [1.165, 1.54) is 30.5 Å². The van der Waals surface area contributed by atoms with Crippen LogP contribution in [0.25, 0.3) is 0 Å². The van der Waals surface area contributed by atoms with E-state index in [1.807, 2.05) is 6.07 Å². The number of nitrogens with one attached hydrogen (secondary N) is 1. The third-order valence-corrected chi connectivity index (χ3v) is 5.09. The fraction of sp³-hybridized carbons (Fsp3) is 0.400. The minimum absolute atomic E-state index is 0.139. The Balaban J connectivity index is 1.53. The van der Waals surface area contributed by atoms with Gasteiger partial charge in [0.25, 0.3) is 0 Å². The largest absolute Gasteiger partial charge is 0.378 e. The number of aryl methyl sites for hydroxylation is 1. The van der Waals surface area contributed by atoms with Gasteiger partial charge in [0.15, 0.2) is 0 Å². The lowest BCUT2D eigenvalue weighted by atomic mass is 10.1. The molecule has 1 atom stereocenters. The lowest BCUT2D eigenvalue weighted by Gasteiger charge is -2.29. The molecule has 0 saturated carbocycles. The zero-order valence-corrected chi connectivity index (χ0v) is 13.4. The van der Waals surface area contributed by atoms with Crippen LogP contribution in [0, 0.1) is 5.82 Å². The molecule has 1 saturated heterocycles. The molecule has 2 aliphatic rings. The summed E-state index contributed by atoms with van der Waals surface area (Å²) in [5.41, 5.74) is 4.83. The lowest BCUT2D eigenvalue weighted by Crippen LogP contribution is -2.29. The van der Waals surface area contributed by atoms with E-state index in [4.69, 9.17) is 0 Å². The van der Waals surface area contributed by atoms with E-state index < -0.39 is 0 Å². The van der Waals surface area contributed by atoms with Crippen LogP contribution in [0.5, 0.6) is 0 Å². The molecule has 0 aromatic heterocycles. The summed E-state index contributed by atoms with van der Waals surface area (Å²) in [6.07, 6.45) is 5.98. The molecule has 1 fully saturated rings. The molecule has 2 aromatic rings. The Labute approximate surface area is 137 Å². The molecular formula is C20H23FN2. The molecule has 1 aliphatic heterocycles. The third-order valence-electron chi connectivity index (χ3n) is 5.09. The number of rotatable bonds is 3. The highest BCUT2D eigenvalue weighted by molar-refractivity contribution is 5.59. The van der Waals surface area contributed by atoms with Crippen molar-refractivity contribution in [2.24, 2.45) is 0 Å². The summed E-state index contributed by atoms with van der Waals surface area (Å²) < 4.78 is 13.5. The van der Waals surface area contributed by atoms with Gasteiger partial charge in [-0.2, -0.15) is 0 Å². The fourth-order valence-corrected chi connectivity index (χ4v) is 3.87. The van der Waals surface area contributed by atoms with E-state index in [0.717, 1.165) is 37.2 Å². The van der Waals surface area contributed by atoms with E-state index >= 15 is 0 Å². The van der Waals surface area contributed by atoms with Crippen molar-refractivity contribution in [2.75, 3.05) is 23.3 Å². The first-order valence-electron chi connectivity index (χ1n) is 8.69. The Bertz CT molecular complexity index is 692. The molecule has 0 amide bonds. The van der Waals surface area contributed by atoms with Gasteiger partial charge in [0.05, 0.1) is 6.04 Å². The van der Waals surface area contributed by atoms with Crippen LogP contribution < -0.4 is 10.2 Å². The first-order chi connectivity index (χ1) is 11.3. The Hall–Kier alpha value is -2.03. The molecule has 120 valence electrons. The SMILES string of the molecule is Fc1ccc2c(c1)[C@H](Nc1cccc(N3CCCCC3)c1)CC2. The van der Waals surface area contributed by atoms with Gasteiger partial charge in [0, 0.05) is 24.5 Å². The van der Waals surface area contributed by atoms with Gasteiger partial charge >= 0.3 is 0 Å². The maximum absolute atomic E-state index is 13.5. The first-order valence-corrected chi connectivity index (χ1v) is 8.69. The summed E-state index contributed by atoms with van der Waals surface area (Å²) in [4.78, 5) is 2.47. The average molecular weight is 310 g/mol. The highest BCUT2D eigenvalue weighted by Gasteiger charge is 2.23. The lowest BCUT2D eigenvalue weighted by molar-refractivity contribution is 0.578. The fourth-order valence-electron chi connectivity index (χ4n) is 3.87. The van der Waals surface area contributed by atoms with Gasteiger partial charge in [0.2, 0.25) is 0 Å². The van der Waals surface area contributed by atoms with E-state index in [9.17, 15) is 4.39 Å². The van der Waals surface area contributed by atoms with E-state index in [-0.39, 0.29) is 11.9 Å². The Morgan fingerprint density at radius 3 is 2.74 bits per heavy atom. The van der Waals surface area contributed by atoms with Crippen molar-refractivity contribution in [1.29, 1.82) is 0 Å². The maximum Gasteiger partial charge on any atom is 0.123 e. The standard InChI is InChI=1S/C20H23FN2/c21-16-9-7-15-8-10-20(19(15)13-16)22-17-5-4-6-18(14-17)23-11-2-1-3-12-23/h4-7,9,13-14,20,22H,1-3,8,10-12H2/t20-/m1/s1. The molecule has 23 heavy (non-hydrogen) atoms. The number of hydrogen-bond donors (Lipinski definition) is 1. The van der Waals surface area contributed by atoms with Gasteiger partial charge < -0.3 is 10.2 Å². The quantitative estimate of drug-likeness (QED) is 0.866. The number of anilines is 2. The molecule has 1 aliphatic carbocycles. The van der Waals surface area contributed by atoms with Gasteiger partial charge in [-0.05, 0) is 73.6 Å². The highest BCUT2D eigenvalue weighted by atomic mass is 19.1. The van der Waals surface area contributed by atoms with Crippen LogP contribution in [0.15, 0.2) is 42.5 Å². The van der Waals surface area contributed by atoms with Crippen molar-refractivity contribution in [1.82, 2.24) is 0 Å². The predicted octanol–water partition coefficient (Wildman–Crippen LogP) is 4.92. The van der Waals surface area contributed by atoms with Gasteiger partial charge in [0.1, 0.15) is 5.82 Å². The number of halogens is 1. The van der Waals surface area contributed by atoms with Crippen LogP contribution in [0.3, 0.4) is 0 Å². The molecule has 4 rings (SSSR count). The molecule has 2 aromatic carbocycles. The minimum Gasteiger partial charge on any atom is -0.378 e. The Morgan fingerprint density at radius 1 is 1.00 bits per heavy atom. The van der Waals surface area contributed by atoms with Crippen LogP contribution >= 0.6 is 0 Å². The van der Waals surface area contributed by atoms with Gasteiger partial charge in [-0.1, -0.05) is 12.1 Å². The van der Waals surface area contributed by atoms with Crippen LogP contribution in [0.1, 0.15) is 42.9 Å². The third kappa shape index (κ3) is 3.05. The van der Waals surface area contributed by atoms with Crippen LogP contribution in [-0.4, -0.2) is 13.1 Å². The summed E-state index contributed by atoms with van der Waals surface area (Å²) in [6, 6.07) is 14.1. The first kappa shape index (κ1) is 14.6. The number of benzene rings is 2. The van der Waals surface area contributed by atoms with Crippen molar-refractivity contribution in [3.05, 3.63) is 59.4 Å². The normalized spacial score (nSPS) is 20.4. The Morgan fingerprint density at radius 2 is 1.87 bits per heavy atom. The van der Waals surface area contributed by atoms with E-state index in [1.54, 1.807) is 12.1 Å². The van der Waals surface area contributed by atoms with Gasteiger partial charge in [-0.3, -0.25) is 0 Å². The second kappa shape index (κ2) is 6.23. The average Bonchev–Trinajstić information content (AvgIpc) is 2.98. The predicted molar refractivity (Wildman–Crippen MR) is 93.6 cm³/mol. The molecular weight excluding hydrogens is 287 g/mol. The molecule has 0 spiro atoms. The molecule has 1 N–H and O–H groups in total. The van der Waals surface area contributed by atoms with Crippen molar-refractivity contribution in [3.8, 4) is 0 Å². The molecule has 0 radical (unpaired) electrons. The summed E-state index contributed by atoms with van der Waals surface area (Å²) >= 11 is 0. The molecule has 3 heteroatoms. The maximum atomic E-state index is 13.5. The molecule has 0 bridgehead atoms. The van der Waals surface area contributed by atoms with Crippen molar-refractivity contribution < 1.29 is 4.39 Å². The van der Waals surface area contributed by atoms with Crippen molar-refractivity contribution in [2.45, 2.75) is 38.1 Å². The highest BCUT2D eigenvalue weighted by Crippen LogP contribution is 2.35. The van der Waals surface area contributed by atoms with Crippen LogP contribution in [0.4, 0.5) is 15.8 Å². The van der Waals surface area contributed by atoms with Crippen molar-refractivity contribution in [3.63, 3.8) is 0 Å². The topological polar surface area (TPSA) is 15.3 Å².